The highest BCUT2D eigenvalue weighted by Gasteiger charge is 2.20. The predicted molar refractivity (Wildman–Crippen MR) is 63.7 cm³/mol. The number of ether oxygens (including phenoxy) is 1. The molecule has 1 saturated heterocycles. The first-order valence-corrected chi connectivity index (χ1v) is 6.60. The lowest BCUT2D eigenvalue weighted by Crippen LogP contribution is -2.47. The highest BCUT2D eigenvalue weighted by molar-refractivity contribution is 6.04. The van der Waals surface area contributed by atoms with E-state index in [0.29, 0.717) is 6.61 Å². The molecular weight excluding hydrogens is 208 g/mol. The van der Waals surface area contributed by atoms with Gasteiger partial charge in [0.25, 0.3) is 0 Å². The van der Waals surface area contributed by atoms with Crippen LogP contribution in [0.2, 0.25) is 0 Å². The molecule has 1 heterocycles. The van der Waals surface area contributed by atoms with E-state index in [1.54, 1.807) is 0 Å². The van der Waals surface area contributed by atoms with Crippen molar-refractivity contribution in [1.29, 1.82) is 0 Å². The summed E-state index contributed by atoms with van der Waals surface area (Å²) in [6.45, 7) is 9.62. The fourth-order valence-electron chi connectivity index (χ4n) is 1.78. The molecule has 1 fully saturated rings. The Balaban J connectivity index is 2.25. The third-order valence-electron chi connectivity index (χ3n) is 2.82. The lowest BCUT2D eigenvalue weighted by Gasteiger charge is -2.33. The zero-order valence-electron chi connectivity index (χ0n) is 10.0. The molecule has 0 N–H and O–H groups in total. The summed E-state index contributed by atoms with van der Waals surface area (Å²) >= 11 is 0. The fraction of sp³-hybridized carbons (Fsp3) is 0.900. The van der Waals surface area contributed by atoms with Gasteiger partial charge in [0.05, 0.1) is 22.9 Å². The van der Waals surface area contributed by atoms with Gasteiger partial charge >= 0.3 is 5.97 Å². The largest absolute Gasteiger partial charge is 0.466 e. The highest BCUT2D eigenvalue weighted by atomic mass is 28.2. The van der Waals surface area contributed by atoms with Crippen molar-refractivity contribution in [2.75, 3.05) is 39.3 Å². The second-order valence-electron chi connectivity index (χ2n) is 4.26. The van der Waals surface area contributed by atoms with Gasteiger partial charge in [-0.2, -0.15) is 0 Å². The summed E-state index contributed by atoms with van der Waals surface area (Å²) in [7, 11) is 1.15. The molecule has 4 nitrogen and oxygen atoms in total. The van der Waals surface area contributed by atoms with Crippen molar-refractivity contribution in [3.63, 3.8) is 0 Å². The number of hydrogen-bond acceptors (Lipinski definition) is 4. The maximum absolute atomic E-state index is 11.4. The van der Waals surface area contributed by atoms with E-state index in [-0.39, 0.29) is 11.9 Å². The van der Waals surface area contributed by atoms with Gasteiger partial charge in [0, 0.05) is 32.7 Å². The first-order valence-electron chi connectivity index (χ1n) is 5.71. The van der Waals surface area contributed by atoms with E-state index >= 15 is 0 Å². The number of piperazine rings is 1. The number of hydrogen-bond donors (Lipinski definition) is 0. The minimum Gasteiger partial charge on any atom is -0.466 e. The smallest absolute Gasteiger partial charge is 0.309 e. The molecule has 0 radical (unpaired) electrons. The second kappa shape index (κ2) is 6.25. The summed E-state index contributed by atoms with van der Waals surface area (Å²) in [5.74, 6) is -0.0589. The average molecular weight is 230 g/mol. The van der Waals surface area contributed by atoms with Gasteiger partial charge in [-0.25, -0.2) is 0 Å². The minimum atomic E-state index is -0.0641. The topological polar surface area (TPSA) is 32.8 Å². The van der Waals surface area contributed by atoms with E-state index < -0.39 is 0 Å². The van der Waals surface area contributed by atoms with Crippen molar-refractivity contribution in [1.82, 2.24) is 9.47 Å². The zero-order valence-corrected chi connectivity index (χ0v) is 12.0. The van der Waals surface area contributed by atoms with E-state index in [9.17, 15) is 4.79 Å². The van der Waals surface area contributed by atoms with Crippen molar-refractivity contribution in [3.8, 4) is 0 Å². The molecule has 0 saturated carbocycles. The molecule has 0 spiro atoms. The Morgan fingerprint density at radius 2 is 2.00 bits per heavy atom. The molecule has 0 aromatic heterocycles. The maximum atomic E-state index is 11.4. The normalized spacial score (nSPS) is 21.5. The van der Waals surface area contributed by atoms with Crippen LogP contribution in [0.4, 0.5) is 0 Å². The molecule has 0 aromatic carbocycles. The van der Waals surface area contributed by atoms with Gasteiger partial charge in [-0.3, -0.25) is 4.79 Å². The first kappa shape index (κ1) is 12.7. The van der Waals surface area contributed by atoms with Crippen molar-refractivity contribution in [2.45, 2.75) is 13.8 Å². The van der Waals surface area contributed by atoms with Gasteiger partial charge in [-0.1, -0.05) is 6.92 Å². The van der Waals surface area contributed by atoms with E-state index in [1.165, 1.54) is 0 Å². The van der Waals surface area contributed by atoms with Crippen LogP contribution in [0.15, 0.2) is 0 Å². The van der Waals surface area contributed by atoms with Gasteiger partial charge in [0.15, 0.2) is 0 Å². The van der Waals surface area contributed by atoms with Crippen LogP contribution in [0.25, 0.3) is 0 Å². The quantitative estimate of drug-likeness (QED) is 0.462. The van der Waals surface area contributed by atoms with Crippen molar-refractivity contribution >= 4 is 16.4 Å². The molecule has 1 rings (SSSR count). The number of nitrogens with zero attached hydrogens (tertiary/aromatic N) is 2. The molecule has 0 aliphatic carbocycles. The lowest BCUT2D eigenvalue weighted by atomic mass is 10.1. The van der Waals surface area contributed by atoms with Crippen LogP contribution in [0.1, 0.15) is 13.8 Å². The van der Waals surface area contributed by atoms with Gasteiger partial charge in [0.1, 0.15) is 0 Å². The van der Waals surface area contributed by atoms with Crippen molar-refractivity contribution in [2.24, 2.45) is 5.92 Å². The summed E-state index contributed by atoms with van der Waals surface area (Å²) < 4.78 is 7.45. The molecule has 1 atom stereocenters. The monoisotopic (exact) mass is 230 g/mol. The van der Waals surface area contributed by atoms with Crippen molar-refractivity contribution < 1.29 is 9.53 Å². The fourth-order valence-corrected chi connectivity index (χ4v) is 2.18. The van der Waals surface area contributed by atoms with Crippen LogP contribution < -0.4 is 0 Å². The highest BCUT2D eigenvalue weighted by Crippen LogP contribution is 2.05. The molecule has 15 heavy (non-hydrogen) atoms. The Labute approximate surface area is 95.1 Å². The summed E-state index contributed by atoms with van der Waals surface area (Å²) in [5.41, 5.74) is 0. The summed E-state index contributed by atoms with van der Waals surface area (Å²) in [6.07, 6.45) is 0. The number of esters is 1. The predicted octanol–water partition coefficient (Wildman–Crippen LogP) is -0.916. The van der Waals surface area contributed by atoms with E-state index in [2.05, 4.69) is 9.47 Å². The van der Waals surface area contributed by atoms with Gasteiger partial charge in [-0.15, -0.1) is 0 Å². The molecule has 5 heteroatoms. The van der Waals surface area contributed by atoms with Gasteiger partial charge < -0.3 is 14.2 Å². The third kappa shape index (κ3) is 4.32. The zero-order chi connectivity index (χ0) is 11.3. The van der Waals surface area contributed by atoms with Crippen LogP contribution in [0, 0.1) is 5.92 Å². The molecule has 1 unspecified atom stereocenters. The second-order valence-corrected chi connectivity index (χ2v) is 5.52. The average Bonchev–Trinajstić information content (AvgIpc) is 2.22. The van der Waals surface area contributed by atoms with E-state index in [4.69, 9.17) is 4.74 Å². The van der Waals surface area contributed by atoms with E-state index in [0.717, 1.165) is 43.1 Å². The van der Waals surface area contributed by atoms with Crippen LogP contribution in [-0.4, -0.2) is 65.2 Å². The van der Waals surface area contributed by atoms with Crippen LogP contribution in [-0.2, 0) is 9.53 Å². The standard InChI is InChI=1S/C10H22N2O2Si/c1-3-14-10(13)9(2)8-11-4-6-12(15)7-5-11/h9H,3-8H2,1-2,15H3. The third-order valence-corrected chi connectivity index (χ3v) is 3.71. The molecule has 0 bridgehead atoms. The Morgan fingerprint density at radius 1 is 1.40 bits per heavy atom. The Morgan fingerprint density at radius 3 is 2.53 bits per heavy atom. The molecule has 0 aromatic rings. The minimum absolute atomic E-state index is 0.00519. The van der Waals surface area contributed by atoms with Crippen LogP contribution in [0.3, 0.4) is 0 Å². The molecule has 1 aliphatic rings. The molecular formula is C10H22N2O2Si. The number of carbonyl (C=O) groups is 1. The van der Waals surface area contributed by atoms with Gasteiger partial charge in [-0.05, 0) is 6.92 Å². The number of rotatable bonds is 4. The van der Waals surface area contributed by atoms with E-state index in [1.807, 2.05) is 13.8 Å². The van der Waals surface area contributed by atoms with Crippen LogP contribution >= 0.6 is 0 Å². The Kier molecular flexibility index (Phi) is 5.28. The van der Waals surface area contributed by atoms with Gasteiger partial charge in [0.2, 0.25) is 0 Å². The summed E-state index contributed by atoms with van der Waals surface area (Å²) in [5, 5.41) is 0. The molecule has 0 amide bonds. The Bertz CT molecular complexity index is 206. The SMILES string of the molecule is CCOC(=O)C(C)CN1CCN([SiH3])CC1. The first-order chi connectivity index (χ1) is 7.13. The lowest BCUT2D eigenvalue weighted by molar-refractivity contribution is -0.148. The Hall–Kier alpha value is -0.393. The summed E-state index contributed by atoms with van der Waals surface area (Å²) in [4.78, 5) is 13.8. The molecule has 1 aliphatic heterocycles. The van der Waals surface area contributed by atoms with Crippen molar-refractivity contribution in [3.05, 3.63) is 0 Å². The maximum Gasteiger partial charge on any atom is 0.309 e. The summed E-state index contributed by atoms with van der Waals surface area (Å²) in [6, 6.07) is 0. The van der Waals surface area contributed by atoms with Crippen LogP contribution in [0.5, 0.6) is 0 Å². The molecule has 88 valence electrons. The number of carbonyl (C=O) groups excluding carboxylic acids is 1.